The summed E-state index contributed by atoms with van der Waals surface area (Å²) in [6.45, 7) is 14.4. The molecule has 0 unspecified atom stereocenters. The van der Waals surface area contributed by atoms with Crippen molar-refractivity contribution in [2.75, 3.05) is 32.8 Å². The third kappa shape index (κ3) is 6.14. The Kier molecular flexibility index (Phi) is 8.51. The lowest BCUT2D eigenvalue weighted by Gasteiger charge is -2.26. The van der Waals surface area contributed by atoms with Gasteiger partial charge in [-0.25, -0.2) is 0 Å². The van der Waals surface area contributed by atoms with Gasteiger partial charge >= 0.3 is 0 Å². The van der Waals surface area contributed by atoms with Gasteiger partial charge in [0, 0.05) is 32.2 Å². The topological polar surface area (TPSA) is 97.1 Å². The van der Waals surface area contributed by atoms with Crippen LogP contribution in [-0.4, -0.2) is 60.0 Å². The van der Waals surface area contributed by atoms with Crippen LogP contribution in [0.4, 0.5) is 0 Å². The summed E-state index contributed by atoms with van der Waals surface area (Å²) in [5.41, 5.74) is 4.21. The second-order valence-corrected chi connectivity index (χ2v) is 9.91. The van der Waals surface area contributed by atoms with Crippen molar-refractivity contribution < 1.29 is 23.9 Å². The van der Waals surface area contributed by atoms with Gasteiger partial charge in [0.1, 0.15) is 11.5 Å². The molecule has 2 N–H and O–H groups in total. The maximum Gasteiger partial charge on any atom is 0.274 e. The minimum atomic E-state index is -0.306. The zero-order chi connectivity index (χ0) is 26.5. The molecule has 8 heteroatoms. The second-order valence-electron chi connectivity index (χ2n) is 9.91. The van der Waals surface area contributed by atoms with Gasteiger partial charge in [0.15, 0.2) is 11.5 Å². The van der Waals surface area contributed by atoms with Crippen LogP contribution in [0.5, 0.6) is 11.5 Å². The lowest BCUT2D eigenvalue weighted by molar-refractivity contribution is 0.0342. The molecule has 1 amide bonds. The average molecular weight is 508 g/mol. The molecule has 2 heterocycles. The number of aromatic hydroxyl groups is 1. The predicted octanol–water partition coefficient (Wildman–Crippen LogP) is 5.21. The average Bonchev–Trinajstić information content (AvgIpc) is 3.30. The van der Waals surface area contributed by atoms with Gasteiger partial charge in [-0.3, -0.25) is 9.69 Å². The van der Waals surface area contributed by atoms with Gasteiger partial charge in [-0.1, -0.05) is 43.3 Å². The number of benzene rings is 2. The van der Waals surface area contributed by atoms with Crippen molar-refractivity contribution in [3.05, 3.63) is 53.2 Å². The largest absolute Gasteiger partial charge is 0.508 e. The quantitative estimate of drug-likeness (QED) is 0.410. The van der Waals surface area contributed by atoms with Gasteiger partial charge in [0.2, 0.25) is 0 Å². The number of carbonyl (C=O) groups excluding carboxylic acids is 1. The lowest BCUT2D eigenvalue weighted by Crippen LogP contribution is -2.35. The summed E-state index contributed by atoms with van der Waals surface area (Å²) in [7, 11) is 0. The van der Waals surface area contributed by atoms with Crippen LogP contribution in [0.15, 0.2) is 40.9 Å². The molecule has 4 rings (SSSR count). The Bertz CT molecular complexity index is 1210. The van der Waals surface area contributed by atoms with Gasteiger partial charge < -0.3 is 24.4 Å². The van der Waals surface area contributed by atoms with E-state index in [2.05, 4.69) is 27.5 Å². The highest BCUT2D eigenvalue weighted by molar-refractivity contribution is 6.02. The molecule has 1 aromatic heterocycles. The van der Waals surface area contributed by atoms with Crippen LogP contribution in [0.3, 0.4) is 0 Å². The molecule has 0 aliphatic carbocycles. The van der Waals surface area contributed by atoms with Crippen LogP contribution in [0.25, 0.3) is 22.5 Å². The van der Waals surface area contributed by atoms with E-state index in [1.807, 2.05) is 52.8 Å². The fourth-order valence-electron chi connectivity index (χ4n) is 4.51. The van der Waals surface area contributed by atoms with E-state index in [-0.39, 0.29) is 29.4 Å². The van der Waals surface area contributed by atoms with Crippen molar-refractivity contribution in [3.63, 3.8) is 0 Å². The van der Waals surface area contributed by atoms with E-state index in [4.69, 9.17) is 14.0 Å². The van der Waals surface area contributed by atoms with Crippen LogP contribution in [0.1, 0.15) is 62.2 Å². The number of phenolic OH excluding ortho intramolecular Hbond substituents is 1. The number of ether oxygens (including phenoxy) is 2. The number of hydrogen-bond donors (Lipinski definition) is 2. The summed E-state index contributed by atoms with van der Waals surface area (Å²) in [5.74, 6) is 0.826. The van der Waals surface area contributed by atoms with Crippen LogP contribution >= 0.6 is 0 Å². The summed E-state index contributed by atoms with van der Waals surface area (Å²) in [5, 5.41) is 17.7. The first kappa shape index (κ1) is 26.7. The highest BCUT2D eigenvalue weighted by Crippen LogP contribution is 2.44. The number of aromatic nitrogens is 1. The van der Waals surface area contributed by atoms with Crippen molar-refractivity contribution in [2.24, 2.45) is 0 Å². The number of hydrogen-bond acceptors (Lipinski definition) is 7. The Morgan fingerprint density at radius 1 is 1.14 bits per heavy atom. The predicted molar refractivity (Wildman–Crippen MR) is 143 cm³/mol. The molecule has 0 saturated carbocycles. The van der Waals surface area contributed by atoms with Crippen molar-refractivity contribution in [2.45, 2.75) is 53.2 Å². The Morgan fingerprint density at radius 3 is 2.46 bits per heavy atom. The monoisotopic (exact) mass is 507 g/mol. The molecule has 198 valence electrons. The van der Waals surface area contributed by atoms with Crippen LogP contribution in [0, 0.1) is 0 Å². The van der Waals surface area contributed by atoms with Crippen LogP contribution in [-0.2, 0) is 11.3 Å². The van der Waals surface area contributed by atoms with E-state index in [0.717, 1.165) is 44.0 Å². The number of rotatable bonds is 9. The summed E-state index contributed by atoms with van der Waals surface area (Å²) >= 11 is 0. The fourth-order valence-corrected chi connectivity index (χ4v) is 4.51. The van der Waals surface area contributed by atoms with E-state index in [9.17, 15) is 9.90 Å². The van der Waals surface area contributed by atoms with Crippen molar-refractivity contribution in [3.8, 4) is 33.9 Å². The van der Waals surface area contributed by atoms with Gasteiger partial charge in [-0.05, 0) is 49.4 Å². The molecule has 1 aliphatic heterocycles. The molecule has 1 aliphatic rings. The van der Waals surface area contributed by atoms with E-state index < -0.39 is 0 Å². The highest BCUT2D eigenvalue weighted by Gasteiger charge is 2.28. The maximum absolute atomic E-state index is 13.0. The summed E-state index contributed by atoms with van der Waals surface area (Å²) in [4.78, 5) is 15.3. The molecule has 2 aromatic carbocycles. The van der Waals surface area contributed by atoms with E-state index in [1.54, 1.807) is 6.07 Å². The Morgan fingerprint density at radius 2 is 1.84 bits per heavy atom. The van der Waals surface area contributed by atoms with Crippen molar-refractivity contribution in [1.29, 1.82) is 0 Å². The third-order valence-electron chi connectivity index (χ3n) is 6.36. The lowest BCUT2D eigenvalue weighted by atomic mass is 9.93. The number of phenols is 1. The molecular weight excluding hydrogens is 470 g/mol. The Labute approximate surface area is 218 Å². The van der Waals surface area contributed by atoms with E-state index in [0.29, 0.717) is 29.2 Å². The molecule has 0 radical (unpaired) electrons. The van der Waals surface area contributed by atoms with Crippen molar-refractivity contribution >= 4 is 5.91 Å². The van der Waals surface area contributed by atoms with Gasteiger partial charge in [-0.15, -0.1) is 0 Å². The molecular formula is C29H37N3O5. The maximum atomic E-state index is 13.0. The first-order chi connectivity index (χ1) is 17.8. The first-order valence-electron chi connectivity index (χ1n) is 13.0. The smallest absolute Gasteiger partial charge is 0.274 e. The molecule has 8 nitrogen and oxygen atoms in total. The SMILES string of the molecule is CCNC(=O)c1noc(-c2cc(C(C)C)c(O)cc2OC(C)C)c1-c1ccc(CN2CCOCC2)cc1. The molecule has 0 atom stereocenters. The van der Waals surface area contributed by atoms with E-state index in [1.165, 1.54) is 5.56 Å². The molecule has 3 aromatic rings. The number of nitrogens with zero attached hydrogens (tertiary/aromatic N) is 2. The van der Waals surface area contributed by atoms with Crippen LogP contribution < -0.4 is 10.1 Å². The summed E-state index contributed by atoms with van der Waals surface area (Å²) < 4.78 is 17.4. The van der Waals surface area contributed by atoms with Gasteiger partial charge in [-0.2, -0.15) is 0 Å². The minimum absolute atomic E-state index is 0.0700. The summed E-state index contributed by atoms with van der Waals surface area (Å²) in [6.07, 6.45) is -0.128. The fraction of sp³-hybridized carbons (Fsp3) is 0.448. The molecule has 37 heavy (non-hydrogen) atoms. The van der Waals surface area contributed by atoms with E-state index >= 15 is 0 Å². The molecule has 0 spiro atoms. The summed E-state index contributed by atoms with van der Waals surface area (Å²) in [6, 6.07) is 11.6. The Balaban J connectivity index is 1.81. The molecule has 0 bridgehead atoms. The number of morpholine rings is 1. The van der Waals surface area contributed by atoms with Gasteiger partial charge in [0.05, 0.1) is 30.4 Å². The molecule has 1 fully saturated rings. The number of nitrogens with one attached hydrogen (secondary N) is 1. The standard InChI is InChI=1S/C29H37N3O5/c1-6-30-29(34)27-26(21-9-7-20(8-10-21)17-32-11-13-35-14-12-32)28(37-31-27)23-15-22(18(2)3)24(33)16-25(23)36-19(4)5/h7-10,15-16,18-19,33H,6,11-14,17H2,1-5H3,(H,30,34). The number of carbonyl (C=O) groups is 1. The number of amides is 1. The second kappa shape index (κ2) is 11.8. The zero-order valence-electron chi connectivity index (χ0n) is 22.3. The molecule has 1 saturated heterocycles. The van der Waals surface area contributed by atoms with Gasteiger partial charge in [0.25, 0.3) is 5.91 Å². The zero-order valence-corrected chi connectivity index (χ0v) is 22.3. The van der Waals surface area contributed by atoms with Crippen LogP contribution in [0.2, 0.25) is 0 Å². The first-order valence-corrected chi connectivity index (χ1v) is 13.0. The Hall–Kier alpha value is -3.36. The third-order valence-corrected chi connectivity index (χ3v) is 6.36. The highest BCUT2D eigenvalue weighted by atomic mass is 16.5. The van der Waals surface area contributed by atoms with Crippen molar-refractivity contribution in [1.82, 2.24) is 15.4 Å². The minimum Gasteiger partial charge on any atom is -0.508 e. The normalized spacial score (nSPS) is 14.4.